The van der Waals surface area contributed by atoms with Gasteiger partial charge in [0.15, 0.2) is 0 Å². The van der Waals surface area contributed by atoms with Crippen molar-refractivity contribution in [1.29, 1.82) is 0 Å². The standard InChI is InChI=1S/C16H19NO2.BrH/c1-3-16(18)19-15-7-6-13-10-12(8-9-17-2)4-5-14(13)11-15;/h4-7,10-11,17H,3,8-9H2,1-2H3;1H. The molecule has 0 atom stereocenters. The van der Waals surface area contributed by atoms with E-state index >= 15 is 0 Å². The lowest BCUT2D eigenvalue weighted by atomic mass is 10.0. The molecule has 2 aromatic rings. The SMILES string of the molecule is Br.CCC(=O)Oc1ccc2cc(CCNC)ccc2c1. The summed E-state index contributed by atoms with van der Waals surface area (Å²) in [5.74, 6) is 0.410. The van der Waals surface area contributed by atoms with E-state index in [9.17, 15) is 4.79 Å². The largest absolute Gasteiger partial charge is 0.427 e. The van der Waals surface area contributed by atoms with Crippen LogP contribution in [0.25, 0.3) is 10.8 Å². The molecule has 0 aliphatic rings. The minimum atomic E-state index is -0.204. The van der Waals surface area contributed by atoms with Gasteiger partial charge in [-0.2, -0.15) is 0 Å². The Hall–Kier alpha value is -1.39. The quantitative estimate of drug-likeness (QED) is 0.670. The van der Waals surface area contributed by atoms with Crippen molar-refractivity contribution in [3.63, 3.8) is 0 Å². The summed E-state index contributed by atoms with van der Waals surface area (Å²) >= 11 is 0. The van der Waals surface area contributed by atoms with Crippen LogP contribution in [-0.4, -0.2) is 19.6 Å². The van der Waals surface area contributed by atoms with Gasteiger partial charge in [-0.1, -0.05) is 31.2 Å². The first-order valence-corrected chi connectivity index (χ1v) is 6.61. The molecule has 0 aliphatic carbocycles. The Morgan fingerprint density at radius 1 is 1.15 bits per heavy atom. The maximum Gasteiger partial charge on any atom is 0.310 e. The number of nitrogens with one attached hydrogen (secondary N) is 1. The summed E-state index contributed by atoms with van der Waals surface area (Å²) in [7, 11) is 1.95. The number of likely N-dealkylation sites (N-methyl/N-ethyl adjacent to an activating group) is 1. The minimum absolute atomic E-state index is 0. The number of halogens is 1. The zero-order valence-electron chi connectivity index (χ0n) is 11.8. The minimum Gasteiger partial charge on any atom is -0.427 e. The van der Waals surface area contributed by atoms with Gasteiger partial charge in [-0.3, -0.25) is 4.79 Å². The van der Waals surface area contributed by atoms with Crippen molar-refractivity contribution in [1.82, 2.24) is 5.32 Å². The highest BCUT2D eigenvalue weighted by atomic mass is 79.9. The Bertz CT molecular complexity index is 584. The molecular formula is C16H20BrNO2. The first-order valence-electron chi connectivity index (χ1n) is 6.61. The second kappa shape index (κ2) is 8.02. The molecule has 2 aromatic carbocycles. The normalized spacial score (nSPS) is 10.1. The third kappa shape index (κ3) is 4.32. The van der Waals surface area contributed by atoms with E-state index < -0.39 is 0 Å². The summed E-state index contributed by atoms with van der Waals surface area (Å²) in [5, 5.41) is 5.41. The lowest BCUT2D eigenvalue weighted by Gasteiger charge is -2.06. The van der Waals surface area contributed by atoms with Gasteiger partial charge < -0.3 is 10.1 Å². The Morgan fingerprint density at radius 2 is 1.85 bits per heavy atom. The first-order chi connectivity index (χ1) is 9.22. The number of esters is 1. The number of hydrogen-bond donors (Lipinski definition) is 1. The predicted octanol–water partition coefficient (Wildman–Crippen LogP) is 3.50. The molecule has 2 rings (SSSR count). The average Bonchev–Trinajstić information content (AvgIpc) is 2.44. The topological polar surface area (TPSA) is 38.3 Å². The molecule has 0 amide bonds. The number of benzene rings is 2. The van der Waals surface area contributed by atoms with Gasteiger partial charge in [0.1, 0.15) is 5.75 Å². The first kappa shape index (κ1) is 16.7. The van der Waals surface area contributed by atoms with Crippen molar-refractivity contribution in [2.45, 2.75) is 19.8 Å². The molecule has 20 heavy (non-hydrogen) atoms. The third-order valence-electron chi connectivity index (χ3n) is 3.06. The van der Waals surface area contributed by atoms with E-state index in [2.05, 4.69) is 23.5 Å². The molecule has 108 valence electrons. The second-order valence-electron chi connectivity index (χ2n) is 4.52. The van der Waals surface area contributed by atoms with Crippen molar-refractivity contribution >= 4 is 33.7 Å². The van der Waals surface area contributed by atoms with Crippen LogP contribution in [0.1, 0.15) is 18.9 Å². The monoisotopic (exact) mass is 337 g/mol. The third-order valence-corrected chi connectivity index (χ3v) is 3.06. The van der Waals surface area contributed by atoms with Crippen LogP contribution in [0.3, 0.4) is 0 Å². The number of ether oxygens (including phenoxy) is 1. The molecule has 0 spiro atoms. The van der Waals surface area contributed by atoms with Crippen LogP contribution < -0.4 is 10.1 Å². The number of rotatable bonds is 5. The van der Waals surface area contributed by atoms with Gasteiger partial charge in [0.2, 0.25) is 0 Å². The van der Waals surface area contributed by atoms with Crippen molar-refractivity contribution < 1.29 is 9.53 Å². The summed E-state index contributed by atoms with van der Waals surface area (Å²) < 4.78 is 5.22. The van der Waals surface area contributed by atoms with Crippen LogP contribution >= 0.6 is 17.0 Å². The van der Waals surface area contributed by atoms with Crippen LogP contribution in [0, 0.1) is 0 Å². The second-order valence-corrected chi connectivity index (χ2v) is 4.52. The maximum atomic E-state index is 11.3. The summed E-state index contributed by atoms with van der Waals surface area (Å²) in [6.45, 7) is 2.76. The summed E-state index contributed by atoms with van der Waals surface area (Å²) in [6.07, 6.45) is 1.40. The fourth-order valence-electron chi connectivity index (χ4n) is 1.97. The molecule has 4 heteroatoms. The van der Waals surface area contributed by atoms with E-state index in [1.807, 2.05) is 25.2 Å². The molecule has 0 heterocycles. The van der Waals surface area contributed by atoms with E-state index in [1.165, 1.54) is 10.9 Å². The fourth-order valence-corrected chi connectivity index (χ4v) is 1.97. The molecule has 3 nitrogen and oxygen atoms in total. The smallest absolute Gasteiger partial charge is 0.310 e. The highest BCUT2D eigenvalue weighted by Gasteiger charge is 2.03. The predicted molar refractivity (Wildman–Crippen MR) is 87.8 cm³/mol. The fraction of sp³-hybridized carbons (Fsp3) is 0.312. The van der Waals surface area contributed by atoms with Crippen molar-refractivity contribution in [2.75, 3.05) is 13.6 Å². The van der Waals surface area contributed by atoms with Crippen molar-refractivity contribution in [3.8, 4) is 5.75 Å². The highest BCUT2D eigenvalue weighted by Crippen LogP contribution is 2.22. The number of carbonyl (C=O) groups excluding carboxylic acids is 1. The van der Waals surface area contributed by atoms with E-state index in [0.29, 0.717) is 12.2 Å². The van der Waals surface area contributed by atoms with Crippen LogP contribution in [0.15, 0.2) is 36.4 Å². The molecule has 1 N–H and O–H groups in total. The van der Waals surface area contributed by atoms with Crippen LogP contribution in [0.2, 0.25) is 0 Å². The van der Waals surface area contributed by atoms with Gasteiger partial charge >= 0.3 is 5.97 Å². The molecule has 0 fully saturated rings. The Kier molecular flexibility index (Phi) is 6.68. The Balaban J connectivity index is 0.00000200. The number of fused-ring (bicyclic) bond motifs is 1. The van der Waals surface area contributed by atoms with E-state index in [0.717, 1.165) is 18.4 Å². The summed E-state index contributed by atoms with van der Waals surface area (Å²) in [5.41, 5.74) is 1.31. The summed E-state index contributed by atoms with van der Waals surface area (Å²) in [4.78, 5) is 11.3. The van der Waals surface area contributed by atoms with Gasteiger partial charge in [0.25, 0.3) is 0 Å². The highest BCUT2D eigenvalue weighted by molar-refractivity contribution is 8.93. The summed E-state index contributed by atoms with van der Waals surface area (Å²) in [6, 6.07) is 12.1. The zero-order chi connectivity index (χ0) is 13.7. The number of carbonyl (C=O) groups is 1. The molecule has 0 saturated heterocycles. The molecule has 0 bridgehead atoms. The molecule has 0 saturated carbocycles. The molecule has 0 aliphatic heterocycles. The molecule has 0 radical (unpaired) electrons. The zero-order valence-corrected chi connectivity index (χ0v) is 13.5. The van der Waals surface area contributed by atoms with Gasteiger partial charge in [-0.15, -0.1) is 17.0 Å². The maximum absolute atomic E-state index is 11.3. The Morgan fingerprint density at radius 3 is 2.55 bits per heavy atom. The van der Waals surface area contributed by atoms with Crippen molar-refractivity contribution in [2.24, 2.45) is 0 Å². The Labute approximate surface area is 130 Å². The van der Waals surface area contributed by atoms with E-state index in [4.69, 9.17) is 4.74 Å². The van der Waals surface area contributed by atoms with Gasteiger partial charge in [0, 0.05) is 6.42 Å². The van der Waals surface area contributed by atoms with Gasteiger partial charge in [-0.05, 0) is 48.5 Å². The van der Waals surface area contributed by atoms with Crippen LogP contribution in [-0.2, 0) is 11.2 Å². The lowest BCUT2D eigenvalue weighted by Crippen LogP contribution is -2.10. The van der Waals surface area contributed by atoms with Gasteiger partial charge in [-0.25, -0.2) is 0 Å². The van der Waals surface area contributed by atoms with Crippen molar-refractivity contribution in [3.05, 3.63) is 42.0 Å². The lowest BCUT2D eigenvalue weighted by molar-refractivity contribution is -0.134. The van der Waals surface area contributed by atoms with Crippen LogP contribution in [0.4, 0.5) is 0 Å². The molecular weight excluding hydrogens is 318 g/mol. The van der Waals surface area contributed by atoms with E-state index in [1.54, 1.807) is 6.92 Å². The molecule has 0 aromatic heterocycles. The van der Waals surface area contributed by atoms with E-state index in [-0.39, 0.29) is 23.0 Å². The van der Waals surface area contributed by atoms with Crippen LogP contribution in [0.5, 0.6) is 5.75 Å². The molecule has 0 unspecified atom stereocenters. The van der Waals surface area contributed by atoms with Gasteiger partial charge in [0.05, 0.1) is 0 Å². The number of hydrogen-bond acceptors (Lipinski definition) is 3. The average molecular weight is 338 g/mol.